The number of methoxy groups -OCH3 is 16. The van der Waals surface area contributed by atoms with E-state index < -0.39 is 184 Å². The molecule has 30 nitrogen and oxygen atoms in total. The number of hydrogen-bond donors (Lipinski definition) is 0. The van der Waals surface area contributed by atoms with E-state index in [0.29, 0.717) is 12.8 Å². The van der Waals surface area contributed by atoms with Crippen LogP contribution in [0.15, 0.2) is 0 Å². The fourth-order valence-corrected chi connectivity index (χ4v) is 13.2. The molecule has 12 bridgehead atoms. The van der Waals surface area contributed by atoms with Crippen LogP contribution >= 0.6 is 0 Å². The Labute approximate surface area is 504 Å². The zero-order chi connectivity index (χ0) is 61.6. The number of fused-ring (bicyclic) bond motifs is 4. The van der Waals surface area contributed by atoms with Gasteiger partial charge in [-0.2, -0.15) is 0 Å². The van der Waals surface area contributed by atoms with Gasteiger partial charge in [-0.3, -0.25) is 0 Å². The van der Waals surface area contributed by atoms with Crippen molar-refractivity contribution in [3.63, 3.8) is 0 Å². The van der Waals surface area contributed by atoms with Crippen LogP contribution in [0.5, 0.6) is 0 Å². The number of ether oxygens (including phenoxy) is 30. The predicted molar refractivity (Wildman–Crippen MR) is 289 cm³/mol. The van der Waals surface area contributed by atoms with Gasteiger partial charge in [0, 0.05) is 127 Å². The summed E-state index contributed by atoms with van der Waals surface area (Å²) in [7, 11) is 24.5. The van der Waals surface area contributed by atoms with Crippen molar-refractivity contribution in [2.45, 2.75) is 197 Å². The average Bonchev–Trinajstić information content (AvgIpc) is 0.981. The molecule has 0 aromatic carbocycles. The van der Waals surface area contributed by atoms with E-state index in [1.165, 1.54) is 71.1 Å². The van der Waals surface area contributed by atoms with Crippen molar-refractivity contribution in [1.82, 2.24) is 0 Å². The molecular formula is C56H98O30. The van der Waals surface area contributed by atoms with Crippen LogP contribution in [0.1, 0.15) is 12.8 Å². The highest BCUT2D eigenvalue weighted by molar-refractivity contribution is 5.03. The lowest BCUT2D eigenvalue weighted by Gasteiger charge is -2.53. The lowest BCUT2D eigenvalue weighted by atomic mass is 9.94. The summed E-state index contributed by atoms with van der Waals surface area (Å²) >= 11 is 0. The maximum atomic E-state index is 7.10. The molecule has 12 aliphatic heterocycles. The summed E-state index contributed by atoms with van der Waals surface area (Å²) in [6, 6.07) is 0. The molecule has 12 rings (SSSR count). The van der Waals surface area contributed by atoms with Crippen LogP contribution in [0.4, 0.5) is 0 Å². The highest BCUT2D eigenvalue weighted by Gasteiger charge is 2.61. The van der Waals surface area contributed by atoms with Gasteiger partial charge in [-0.15, -0.1) is 0 Å². The molecule has 0 aliphatic carbocycles. The van der Waals surface area contributed by atoms with Crippen LogP contribution in [0.2, 0.25) is 0 Å². The van der Waals surface area contributed by atoms with Crippen LogP contribution in [0.3, 0.4) is 0 Å². The third kappa shape index (κ3) is 15.4. The molecule has 0 radical (unpaired) electrons. The second-order valence-corrected chi connectivity index (χ2v) is 21.9. The van der Waals surface area contributed by atoms with E-state index in [1.54, 1.807) is 42.7 Å². The monoisotopic (exact) mass is 1250 g/mol. The Balaban J connectivity index is 1.29. The Kier molecular flexibility index (Phi) is 28.5. The van der Waals surface area contributed by atoms with Crippen molar-refractivity contribution < 1.29 is 142 Å². The molecule has 30 heteroatoms. The quantitative estimate of drug-likeness (QED) is 0.145. The standard InChI is InChI=1S/C56H98O30/c1-57-21-27-33-39(61-5)47(69-13)53(77-27)85-37-31-25-73-19-17-18-20-74-26-32-38(44(66-10)50(72-16)56(80-32)83-35-29(23-59-3)75-51(81-33)45(67-11)41(35)63-7)86-54-48(70-14)40(62-6)34(28(78-54)22-58-2)82-52-46(68-12)42(64-8)36(30(76-52)24-60-4)84-55(79-31)49(71-15)43(37)65-9/h27-56H,17-26H2,1-16H3/t27-,28-,29-,30-,31-,32-,33-,34-,35-,36-,37-,38-,39+,40+,41+,42+,43+,44+,45-,46-,47-,48-,49-,50-,51-,52-,53-,54-,55-,56-/m1/s1. The normalized spacial score (nSPS) is 46.6. The predicted octanol–water partition coefficient (Wildman–Crippen LogP) is -0.747. The van der Waals surface area contributed by atoms with Crippen molar-refractivity contribution in [3.05, 3.63) is 0 Å². The van der Waals surface area contributed by atoms with Crippen LogP contribution in [-0.2, 0) is 142 Å². The molecule has 0 amide bonds. The summed E-state index contributed by atoms with van der Waals surface area (Å²) in [6.45, 7) is 0.520. The first-order chi connectivity index (χ1) is 42.0. The molecule has 12 heterocycles. The van der Waals surface area contributed by atoms with Crippen molar-refractivity contribution in [2.24, 2.45) is 0 Å². The van der Waals surface area contributed by atoms with Crippen molar-refractivity contribution in [1.29, 1.82) is 0 Å². The minimum absolute atomic E-state index is 0.000674. The molecule has 0 spiro atoms. The van der Waals surface area contributed by atoms with Gasteiger partial charge in [0.1, 0.15) is 146 Å². The van der Waals surface area contributed by atoms with E-state index in [9.17, 15) is 0 Å². The summed E-state index contributed by atoms with van der Waals surface area (Å²) in [4.78, 5) is 0. The molecule has 0 saturated carbocycles. The summed E-state index contributed by atoms with van der Waals surface area (Å²) in [5.41, 5.74) is 0. The Hall–Kier alpha value is -1.20. The van der Waals surface area contributed by atoms with Gasteiger partial charge >= 0.3 is 0 Å². The smallest absolute Gasteiger partial charge is 0.187 e. The van der Waals surface area contributed by atoms with E-state index in [1.807, 2.05) is 0 Å². The van der Waals surface area contributed by atoms with Crippen molar-refractivity contribution in [3.8, 4) is 0 Å². The average molecular weight is 1250 g/mol. The molecule has 30 atom stereocenters. The molecular weight excluding hydrogens is 1150 g/mol. The van der Waals surface area contributed by atoms with Crippen LogP contribution in [0.25, 0.3) is 0 Å². The second kappa shape index (κ2) is 34.6. The molecule has 12 saturated heterocycles. The van der Waals surface area contributed by atoms with Gasteiger partial charge in [0.25, 0.3) is 0 Å². The van der Waals surface area contributed by atoms with Gasteiger partial charge in [0.2, 0.25) is 0 Å². The summed E-state index contributed by atoms with van der Waals surface area (Å²) in [5.74, 6) is 0. The minimum atomic E-state index is -1.19. The first-order valence-corrected chi connectivity index (χ1v) is 29.3. The fraction of sp³-hybridized carbons (Fsp3) is 1.00. The first kappa shape index (κ1) is 70.7. The molecule has 86 heavy (non-hydrogen) atoms. The summed E-state index contributed by atoms with van der Waals surface area (Å²) in [6.07, 6.45) is -28.5. The topological polar surface area (TPSA) is 277 Å². The fourth-order valence-electron chi connectivity index (χ4n) is 13.2. The van der Waals surface area contributed by atoms with E-state index in [-0.39, 0.29) is 52.9 Å². The summed E-state index contributed by atoms with van der Waals surface area (Å²) < 4.78 is 196. The Bertz CT molecular complexity index is 1760. The molecule has 12 fully saturated rings. The minimum Gasteiger partial charge on any atom is -0.382 e. The maximum Gasteiger partial charge on any atom is 0.187 e. The van der Waals surface area contributed by atoms with Gasteiger partial charge in [-0.1, -0.05) is 0 Å². The zero-order valence-electron chi connectivity index (χ0n) is 52.6. The number of hydrogen-bond acceptors (Lipinski definition) is 30. The van der Waals surface area contributed by atoms with E-state index in [2.05, 4.69) is 0 Å². The third-order valence-electron chi connectivity index (χ3n) is 17.3. The van der Waals surface area contributed by atoms with Gasteiger partial charge in [-0.05, 0) is 12.8 Å². The highest BCUT2D eigenvalue weighted by Crippen LogP contribution is 2.42. The Morgan fingerprint density at radius 1 is 0.233 bits per heavy atom. The van der Waals surface area contributed by atoms with E-state index in [4.69, 9.17) is 142 Å². The van der Waals surface area contributed by atoms with Gasteiger partial charge < -0.3 is 142 Å². The SMILES string of the molecule is COC[C@H]1O[C@@H]2O[C@H]3[C@H](OC)[C@@H](OC)[C@H]4O[C@H]5[C@H](OC)[C@@H](OC)[C@@H](O[C@H]6[C@H](OC)[C@@H](OC)[C@@H](O[C@H]7[C@H](OC)[C@@H](OC)[C@@H](O[C@H]8[C@H](OC)[C@@H](OC)[C@@H](O[C@H]1[C@H](OC)[C@H]2OC)O[C@@H]8COC)O[C@@H]7COCCCCOC[C@H]3O4)O[C@@H]6COC)O[C@@H]5COC. The zero-order valence-corrected chi connectivity index (χ0v) is 52.6. The largest absolute Gasteiger partial charge is 0.382 e. The van der Waals surface area contributed by atoms with Gasteiger partial charge in [-0.25, -0.2) is 0 Å². The van der Waals surface area contributed by atoms with Crippen molar-refractivity contribution >= 4 is 0 Å². The lowest BCUT2D eigenvalue weighted by Crippen LogP contribution is -2.70. The summed E-state index contributed by atoms with van der Waals surface area (Å²) in [5, 5.41) is 0. The van der Waals surface area contributed by atoms with Gasteiger partial charge in [0.05, 0.1) is 39.6 Å². The molecule has 0 unspecified atom stereocenters. The van der Waals surface area contributed by atoms with Gasteiger partial charge in [0.15, 0.2) is 37.7 Å². The number of rotatable bonds is 20. The van der Waals surface area contributed by atoms with Crippen molar-refractivity contribution in [2.75, 3.05) is 167 Å². The second-order valence-electron chi connectivity index (χ2n) is 21.9. The Morgan fingerprint density at radius 2 is 0.430 bits per heavy atom. The highest BCUT2D eigenvalue weighted by atomic mass is 16.8. The van der Waals surface area contributed by atoms with Crippen LogP contribution in [0, 0.1) is 0 Å². The molecule has 12 aliphatic rings. The first-order valence-electron chi connectivity index (χ1n) is 29.3. The van der Waals surface area contributed by atoms with Crippen LogP contribution in [-0.4, -0.2) is 351 Å². The van der Waals surface area contributed by atoms with E-state index in [0.717, 1.165) is 0 Å². The molecule has 0 aromatic heterocycles. The molecule has 0 N–H and O–H groups in total. The van der Waals surface area contributed by atoms with Crippen LogP contribution < -0.4 is 0 Å². The van der Waals surface area contributed by atoms with E-state index >= 15 is 0 Å². The maximum absolute atomic E-state index is 7.10. The molecule has 502 valence electrons. The molecule has 0 aromatic rings. The Morgan fingerprint density at radius 3 is 0.640 bits per heavy atom. The lowest BCUT2D eigenvalue weighted by molar-refractivity contribution is -0.410. The third-order valence-corrected chi connectivity index (χ3v) is 17.3.